The molecule has 1 aliphatic rings. The lowest BCUT2D eigenvalue weighted by molar-refractivity contribution is 0.0692. The van der Waals surface area contributed by atoms with Crippen LogP contribution in [0.1, 0.15) is 27.1 Å². The number of carboxylic acid groups (broad SMARTS) is 1. The number of allylic oxidation sites excluding steroid dienone is 2. The predicted octanol–water partition coefficient (Wildman–Crippen LogP) is 1.78. The normalized spacial score (nSPS) is 18.3. The minimum absolute atomic E-state index is 0.00477. The van der Waals surface area contributed by atoms with Crippen molar-refractivity contribution in [2.75, 3.05) is 0 Å². The first-order valence-corrected chi connectivity index (χ1v) is 5.60. The van der Waals surface area contributed by atoms with Crippen molar-refractivity contribution in [3.05, 3.63) is 59.2 Å². The summed E-state index contributed by atoms with van der Waals surface area (Å²) in [6, 6.07) is 5.79. The molecule has 4 nitrogen and oxygen atoms in total. The number of rotatable bonds is 3. The number of ketones is 1. The average Bonchev–Trinajstić information content (AvgIpc) is 2.38. The molecule has 0 amide bonds. The van der Waals surface area contributed by atoms with Crippen LogP contribution in [0.2, 0.25) is 0 Å². The third-order valence-corrected chi connectivity index (χ3v) is 2.87. The third-order valence-electron chi connectivity index (χ3n) is 2.87. The lowest BCUT2D eigenvalue weighted by Crippen LogP contribution is -2.28. The second-order valence-electron chi connectivity index (χ2n) is 4.07. The molecule has 18 heavy (non-hydrogen) atoms. The molecule has 0 saturated carbocycles. The molecule has 0 heterocycles. The average molecular weight is 243 g/mol. The fourth-order valence-electron chi connectivity index (χ4n) is 1.91. The molecule has 0 aromatic heterocycles. The zero-order chi connectivity index (χ0) is 13.1. The van der Waals surface area contributed by atoms with Crippen molar-refractivity contribution in [2.45, 2.75) is 12.5 Å². The Morgan fingerprint density at radius 2 is 1.89 bits per heavy atom. The number of hydrogen-bond donors (Lipinski definition) is 2. The van der Waals surface area contributed by atoms with Gasteiger partial charge < -0.3 is 10.8 Å². The van der Waals surface area contributed by atoms with E-state index in [1.807, 2.05) is 6.08 Å². The Morgan fingerprint density at radius 3 is 2.50 bits per heavy atom. The highest BCUT2D eigenvalue weighted by atomic mass is 16.4. The van der Waals surface area contributed by atoms with Gasteiger partial charge in [-0.05, 0) is 12.5 Å². The molecule has 1 aromatic carbocycles. The molecule has 0 radical (unpaired) electrons. The van der Waals surface area contributed by atoms with Gasteiger partial charge in [-0.3, -0.25) is 4.79 Å². The van der Waals surface area contributed by atoms with E-state index < -0.39 is 5.97 Å². The standard InChI is InChI=1S/C14H13NO3/c15-12-8-4-3-7-11(12)13(16)9-5-1-2-6-10(9)14(17)18/h1-7,12H,8,15H2,(H,17,18). The van der Waals surface area contributed by atoms with Crippen LogP contribution in [-0.2, 0) is 0 Å². The molecule has 0 bridgehead atoms. The van der Waals surface area contributed by atoms with Crippen molar-refractivity contribution in [2.24, 2.45) is 5.73 Å². The maximum atomic E-state index is 12.3. The summed E-state index contributed by atoms with van der Waals surface area (Å²) in [5.41, 5.74) is 6.49. The van der Waals surface area contributed by atoms with E-state index in [-0.39, 0.29) is 23.0 Å². The van der Waals surface area contributed by atoms with E-state index in [0.29, 0.717) is 12.0 Å². The van der Waals surface area contributed by atoms with E-state index in [9.17, 15) is 9.59 Å². The molecule has 2 rings (SSSR count). The Morgan fingerprint density at radius 1 is 1.22 bits per heavy atom. The number of hydrogen-bond acceptors (Lipinski definition) is 3. The molecule has 1 aliphatic carbocycles. The van der Waals surface area contributed by atoms with E-state index in [4.69, 9.17) is 10.8 Å². The lowest BCUT2D eigenvalue weighted by Gasteiger charge is -2.16. The Labute approximate surface area is 104 Å². The topological polar surface area (TPSA) is 80.4 Å². The first kappa shape index (κ1) is 12.3. The first-order valence-electron chi connectivity index (χ1n) is 5.60. The second kappa shape index (κ2) is 4.98. The Balaban J connectivity index is 2.43. The van der Waals surface area contributed by atoms with Crippen molar-refractivity contribution >= 4 is 11.8 Å². The van der Waals surface area contributed by atoms with Crippen LogP contribution in [0.25, 0.3) is 0 Å². The minimum Gasteiger partial charge on any atom is -0.478 e. The minimum atomic E-state index is -1.11. The summed E-state index contributed by atoms with van der Waals surface area (Å²) < 4.78 is 0. The molecule has 3 N–H and O–H groups in total. The summed E-state index contributed by atoms with van der Waals surface area (Å²) in [6.07, 6.45) is 5.88. The number of Topliss-reactive ketones (excluding diaryl/α,β-unsaturated/α-hetero) is 1. The van der Waals surface area contributed by atoms with Gasteiger partial charge in [-0.25, -0.2) is 4.79 Å². The lowest BCUT2D eigenvalue weighted by atomic mass is 9.90. The summed E-state index contributed by atoms with van der Waals surface area (Å²) in [5, 5.41) is 9.06. The van der Waals surface area contributed by atoms with Crippen LogP contribution in [-0.4, -0.2) is 22.9 Å². The molecule has 0 aliphatic heterocycles. The molecule has 1 atom stereocenters. The summed E-state index contributed by atoms with van der Waals surface area (Å²) in [4.78, 5) is 23.4. The Kier molecular flexibility index (Phi) is 3.39. The van der Waals surface area contributed by atoms with Crippen molar-refractivity contribution < 1.29 is 14.7 Å². The number of carbonyl (C=O) groups excluding carboxylic acids is 1. The smallest absolute Gasteiger partial charge is 0.336 e. The fourth-order valence-corrected chi connectivity index (χ4v) is 1.91. The summed E-state index contributed by atoms with van der Waals surface area (Å²) in [7, 11) is 0. The van der Waals surface area contributed by atoms with E-state index in [1.165, 1.54) is 12.1 Å². The number of aromatic carboxylic acids is 1. The van der Waals surface area contributed by atoms with Crippen LogP contribution >= 0.6 is 0 Å². The molecular formula is C14H13NO3. The van der Waals surface area contributed by atoms with Gasteiger partial charge in [0.25, 0.3) is 0 Å². The quantitative estimate of drug-likeness (QED) is 0.793. The number of carboxylic acids is 1. The summed E-state index contributed by atoms with van der Waals surface area (Å²) in [6.45, 7) is 0. The predicted molar refractivity (Wildman–Crippen MR) is 67.5 cm³/mol. The molecule has 0 fully saturated rings. The molecule has 4 heteroatoms. The van der Waals surface area contributed by atoms with Crippen LogP contribution < -0.4 is 5.73 Å². The van der Waals surface area contributed by atoms with Gasteiger partial charge in [-0.15, -0.1) is 0 Å². The maximum Gasteiger partial charge on any atom is 0.336 e. The molecule has 1 aromatic rings. The fraction of sp³-hybridized carbons (Fsp3) is 0.143. The van der Waals surface area contributed by atoms with E-state index >= 15 is 0 Å². The van der Waals surface area contributed by atoms with Crippen LogP contribution in [0.3, 0.4) is 0 Å². The number of carbonyl (C=O) groups is 2. The van der Waals surface area contributed by atoms with Gasteiger partial charge in [0, 0.05) is 17.2 Å². The molecule has 1 unspecified atom stereocenters. The van der Waals surface area contributed by atoms with Gasteiger partial charge in [0.2, 0.25) is 0 Å². The third kappa shape index (κ3) is 2.24. The van der Waals surface area contributed by atoms with Crippen molar-refractivity contribution in [3.63, 3.8) is 0 Å². The van der Waals surface area contributed by atoms with Gasteiger partial charge in [0.1, 0.15) is 0 Å². The maximum absolute atomic E-state index is 12.3. The molecule has 0 spiro atoms. The van der Waals surface area contributed by atoms with Crippen LogP contribution in [0.5, 0.6) is 0 Å². The summed E-state index contributed by atoms with van der Waals surface area (Å²) >= 11 is 0. The van der Waals surface area contributed by atoms with Crippen LogP contribution in [0.15, 0.2) is 48.1 Å². The second-order valence-corrected chi connectivity index (χ2v) is 4.07. The van der Waals surface area contributed by atoms with Crippen LogP contribution in [0, 0.1) is 0 Å². The van der Waals surface area contributed by atoms with E-state index in [0.717, 1.165) is 0 Å². The van der Waals surface area contributed by atoms with Crippen LogP contribution in [0.4, 0.5) is 0 Å². The van der Waals surface area contributed by atoms with Gasteiger partial charge in [0.15, 0.2) is 5.78 Å². The Hall–Kier alpha value is -2.20. The van der Waals surface area contributed by atoms with Crippen molar-refractivity contribution in [1.29, 1.82) is 0 Å². The first-order chi connectivity index (χ1) is 8.61. The zero-order valence-electron chi connectivity index (χ0n) is 9.67. The van der Waals surface area contributed by atoms with Crippen molar-refractivity contribution in [3.8, 4) is 0 Å². The largest absolute Gasteiger partial charge is 0.478 e. The van der Waals surface area contributed by atoms with Gasteiger partial charge >= 0.3 is 5.97 Å². The molecule has 92 valence electrons. The van der Waals surface area contributed by atoms with Gasteiger partial charge in [-0.1, -0.05) is 36.4 Å². The number of nitrogens with two attached hydrogens (primary N) is 1. The highest BCUT2D eigenvalue weighted by Crippen LogP contribution is 2.19. The SMILES string of the molecule is NC1CC=CC=C1C(=O)c1ccccc1C(=O)O. The Bertz CT molecular complexity index is 558. The van der Waals surface area contributed by atoms with Gasteiger partial charge in [-0.2, -0.15) is 0 Å². The van der Waals surface area contributed by atoms with Gasteiger partial charge in [0.05, 0.1) is 5.56 Å². The van der Waals surface area contributed by atoms with E-state index in [2.05, 4.69) is 0 Å². The highest BCUT2D eigenvalue weighted by molar-refractivity contribution is 6.14. The molecular weight excluding hydrogens is 230 g/mol. The monoisotopic (exact) mass is 243 g/mol. The highest BCUT2D eigenvalue weighted by Gasteiger charge is 2.23. The summed E-state index contributed by atoms with van der Waals surface area (Å²) in [5.74, 6) is -1.43. The van der Waals surface area contributed by atoms with Crippen molar-refractivity contribution in [1.82, 2.24) is 0 Å². The van der Waals surface area contributed by atoms with E-state index in [1.54, 1.807) is 24.3 Å². The molecule has 0 saturated heterocycles. The number of benzene rings is 1. The zero-order valence-corrected chi connectivity index (χ0v) is 9.67.